The Hall–Kier alpha value is -1.59. The highest BCUT2D eigenvalue weighted by Gasteiger charge is 2.20. The maximum absolute atomic E-state index is 11.9. The third-order valence-corrected chi connectivity index (χ3v) is 3.80. The van der Waals surface area contributed by atoms with Crippen LogP contribution in [0, 0.1) is 0 Å². The molecule has 1 aliphatic rings. The van der Waals surface area contributed by atoms with Crippen LogP contribution in [0.15, 0.2) is 24.3 Å². The van der Waals surface area contributed by atoms with Crippen LogP contribution in [-0.2, 0) is 16.1 Å². The molecular formula is C17H26N2O3. The summed E-state index contributed by atoms with van der Waals surface area (Å²) in [5, 5.41) is 0. The number of benzene rings is 1. The predicted molar refractivity (Wildman–Crippen MR) is 86.0 cm³/mol. The van der Waals surface area contributed by atoms with Gasteiger partial charge in [-0.3, -0.25) is 9.69 Å². The zero-order chi connectivity index (χ0) is 15.8. The third-order valence-electron chi connectivity index (χ3n) is 3.80. The van der Waals surface area contributed by atoms with Gasteiger partial charge in [0.15, 0.2) is 0 Å². The Morgan fingerprint density at radius 1 is 1.05 bits per heavy atom. The number of hydrogen-bond donors (Lipinski definition) is 0. The molecule has 0 N–H and O–H groups in total. The van der Waals surface area contributed by atoms with Gasteiger partial charge in [-0.2, -0.15) is 0 Å². The van der Waals surface area contributed by atoms with Gasteiger partial charge in [0.1, 0.15) is 12.4 Å². The minimum atomic E-state index is 0.0996. The molecule has 22 heavy (non-hydrogen) atoms. The summed E-state index contributed by atoms with van der Waals surface area (Å²) in [6.07, 6.45) is 0. The second-order valence-electron chi connectivity index (χ2n) is 5.37. The van der Waals surface area contributed by atoms with E-state index >= 15 is 0 Å². The van der Waals surface area contributed by atoms with Crippen LogP contribution in [0.2, 0.25) is 0 Å². The Balaban J connectivity index is 1.76. The Morgan fingerprint density at radius 3 is 2.32 bits per heavy atom. The minimum Gasteiger partial charge on any atom is -0.494 e. The molecule has 0 aliphatic carbocycles. The van der Waals surface area contributed by atoms with Gasteiger partial charge in [0.25, 0.3) is 0 Å². The van der Waals surface area contributed by atoms with Gasteiger partial charge in [0, 0.05) is 39.3 Å². The van der Waals surface area contributed by atoms with E-state index in [1.165, 1.54) is 5.56 Å². The molecule has 1 aliphatic heterocycles. The second-order valence-corrected chi connectivity index (χ2v) is 5.37. The predicted octanol–water partition coefficient (Wildman–Crippen LogP) is 1.77. The van der Waals surface area contributed by atoms with Crippen molar-refractivity contribution in [3.05, 3.63) is 29.8 Å². The van der Waals surface area contributed by atoms with Crippen molar-refractivity contribution in [3.63, 3.8) is 0 Å². The number of carbonyl (C=O) groups excluding carboxylic acids is 1. The zero-order valence-corrected chi connectivity index (χ0v) is 13.6. The van der Waals surface area contributed by atoms with E-state index in [-0.39, 0.29) is 12.5 Å². The summed E-state index contributed by atoms with van der Waals surface area (Å²) < 4.78 is 10.6. The highest BCUT2D eigenvalue weighted by molar-refractivity contribution is 5.77. The van der Waals surface area contributed by atoms with Gasteiger partial charge < -0.3 is 14.4 Å². The van der Waals surface area contributed by atoms with Crippen molar-refractivity contribution in [2.75, 3.05) is 46.0 Å². The lowest BCUT2D eigenvalue weighted by Crippen LogP contribution is -2.49. The highest BCUT2D eigenvalue weighted by Crippen LogP contribution is 2.14. The van der Waals surface area contributed by atoms with Gasteiger partial charge >= 0.3 is 0 Å². The quantitative estimate of drug-likeness (QED) is 0.770. The minimum absolute atomic E-state index is 0.0996. The molecule has 5 nitrogen and oxygen atoms in total. The van der Waals surface area contributed by atoms with E-state index in [0.29, 0.717) is 13.2 Å². The van der Waals surface area contributed by atoms with E-state index in [2.05, 4.69) is 17.0 Å². The molecule has 0 bridgehead atoms. The molecule has 122 valence electrons. The van der Waals surface area contributed by atoms with E-state index in [0.717, 1.165) is 38.5 Å². The number of rotatable bonds is 7. The summed E-state index contributed by atoms with van der Waals surface area (Å²) in [5.74, 6) is 1.01. The lowest BCUT2D eigenvalue weighted by molar-refractivity contribution is -0.137. The largest absolute Gasteiger partial charge is 0.494 e. The SMILES string of the molecule is CCOCC(=O)N1CCN(Cc2ccc(OCC)cc2)CC1. The van der Waals surface area contributed by atoms with Gasteiger partial charge in [0.2, 0.25) is 5.91 Å². The van der Waals surface area contributed by atoms with Gasteiger partial charge in [0.05, 0.1) is 6.61 Å². The van der Waals surface area contributed by atoms with Gasteiger partial charge in [-0.25, -0.2) is 0 Å². The van der Waals surface area contributed by atoms with Crippen molar-refractivity contribution in [2.24, 2.45) is 0 Å². The lowest BCUT2D eigenvalue weighted by Gasteiger charge is -2.34. The van der Waals surface area contributed by atoms with Crippen LogP contribution < -0.4 is 4.74 Å². The summed E-state index contributed by atoms with van der Waals surface area (Å²) in [6, 6.07) is 8.25. The van der Waals surface area contributed by atoms with Crippen molar-refractivity contribution in [2.45, 2.75) is 20.4 Å². The molecule has 0 saturated carbocycles. The smallest absolute Gasteiger partial charge is 0.248 e. The van der Waals surface area contributed by atoms with E-state index in [1.807, 2.05) is 30.9 Å². The Morgan fingerprint density at radius 2 is 1.73 bits per heavy atom. The average molecular weight is 306 g/mol. The fourth-order valence-electron chi connectivity index (χ4n) is 2.55. The molecule has 0 radical (unpaired) electrons. The molecule has 1 aromatic rings. The molecule has 2 rings (SSSR count). The topological polar surface area (TPSA) is 42.0 Å². The summed E-state index contributed by atoms with van der Waals surface area (Å²) >= 11 is 0. The number of ether oxygens (including phenoxy) is 2. The van der Waals surface area contributed by atoms with Gasteiger partial charge in [-0.15, -0.1) is 0 Å². The molecule has 1 saturated heterocycles. The van der Waals surface area contributed by atoms with Crippen molar-refractivity contribution in [1.29, 1.82) is 0 Å². The lowest BCUT2D eigenvalue weighted by atomic mass is 10.2. The Labute approximate surface area is 132 Å². The number of piperazine rings is 1. The maximum atomic E-state index is 11.9. The number of nitrogens with zero attached hydrogens (tertiary/aromatic N) is 2. The standard InChI is InChI=1S/C17H26N2O3/c1-3-21-14-17(20)19-11-9-18(10-12-19)13-15-5-7-16(8-6-15)22-4-2/h5-8H,3-4,9-14H2,1-2H3. The molecule has 0 atom stereocenters. The molecule has 1 fully saturated rings. The molecule has 1 amide bonds. The number of hydrogen-bond acceptors (Lipinski definition) is 4. The third kappa shape index (κ3) is 5.00. The summed E-state index contributed by atoms with van der Waals surface area (Å²) in [4.78, 5) is 16.2. The van der Waals surface area contributed by atoms with E-state index in [4.69, 9.17) is 9.47 Å². The molecule has 1 aromatic carbocycles. The van der Waals surface area contributed by atoms with E-state index < -0.39 is 0 Å². The highest BCUT2D eigenvalue weighted by atomic mass is 16.5. The molecule has 0 spiro atoms. The first-order valence-corrected chi connectivity index (χ1v) is 8.02. The number of carbonyl (C=O) groups is 1. The van der Waals surface area contributed by atoms with Crippen molar-refractivity contribution in [1.82, 2.24) is 9.80 Å². The normalized spacial score (nSPS) is 15.8. The van der Waals surface area contributed by atoms with Crippen molar-refractivity contribution in [3.8, 4) is 5.75 Å². The molecule has 0 aromatic heterocycles. The summed E-state index contributed by atoms with van der Waals surface area (Å²) in [7, 11) is 0. The van der Waals surface area contributed by atoms with Crippen LogP contribution in [-0.4, -0.2) is 61.7 Å². The fourth-order valence-corrected chi connectivity index (χ4v) is 2.55. The average Bonchev–Trinajstić information content (AvgIpc) is 2.55. The summed E-state index contributed by atoms with van der Waals surface area (Å²) in [5.41, 5.74) is 1.28. The Kier molecular flexibility index (Phi) is 6.68. The second kappa shape index (κ2) is 8.76. The number of amides is 1. The van der Waals surface area contributed by atoms with Crippen LogP contribution >= 0.6 is 0 Å². The van der Waals surface area contributed by atoms with Gasteiger partial charge in [-0.1, -0.05) is 12.1 Å². The first kappa shape index (κ1) is 16.8. The van der Waals surface area contributed by atoms with Crippen LogP contribution in [0.1, 0.15) is 19.4 Å². The van der Waals surface area contributed by atoms with Crippen LogP contribution in [0.4, 0.5) is 0 Å². The van der Waals surface area contributed by atoms with Crippen LogP contribution in [0.5, 0.6) is 5.75 Å². The van der Waals surface area contributed by atoms with Crippen LogP contribution in [0.3, 0.4) is 0 Å². The van der Waals surface area contributed by atoms with E-state index in [9.17, 15) is 4.79 Å². The molecular weight excluding hydrogens is 280 g/mol. The van der Waals surface area contributed by atoms with Gasteiger partial charge in [-0.05, 0) is 31.5 Å². The Bertz CT molecular complexity index is 453. The first-order valence-electron chi connectivity index (χ1n) is 8.02. The molecule has 5 heteroatoms. The van der Waals surface area contributed by atoms with Crippen molar-refractivity contribution >= 4 is 5.91 Å². The molecule has 0 unspecified atom stereocenters. The summed E-state index contributed by atoms with van der Waals surface area (Å²) in [6.45, 7) is 9.67. The zero-order valence-electron chi connectivity index (χ0n) is 13.6. The molecule has 1 heterocycles. The first-order chi connectivity index (χ1) is 10.7. The van der Waals surface area contributed by atoms with E-state index in [1.54, 1.807) is 0 Å². The fraction of sp³-hybridized carbons (Fsp3) is 0.588. The maximum Gasteiger partial charge on any atom is 0.248 e. The van der Waals surface area contributed by atoms with Crippen molar-refractivity contribution < 1.29 is 14.3 Å². The monoisotopic (exact) mass is 306 g/mol. The van der Waals surface area contributed by atoms with Crippen LogP contribution in [0.25, 0.3) is 0 Å².